The SMILES string of the molecule is CCOc1cc(/C=C(\C#N)C(N)=O)ccc1OCCSc1ccc(Cl)cc1. The van der Waals surface area contributed by atoms with E-state index >= 15 is 0 Å². The number of benzene rings is 2. The van der Waals surface area contributed by atoms with Gasteiger partial charge in [-0.2, -0.15) is 5.26 Å². The average Bonchev–Trinajstić information content (AvgIpc) is 2.66. The molecule has 0 heterocycles. The fourth-order valence-corrected chi connectivity index (χ4v) is 3.03. The predicted octanol–water partition coefficient (Wildman–Crippen LogP) is 4.30. The minimum atomic E-state index is -0.769. The quantitative estimate of drug-likeness (QED) is 0.292. The molecule has 2 aromatic carbocycles. The summed E-state index contributed by atoms with van der Waals surface area (Å²) in [7, 11) is 0. The van der Waals surface area contributed by atoms with Gasteiger partial charge in [0.1, 0.15) is 11.6 Å². The summed E-state index contributed by atoms with van der Waals surface area (Å²) in [4.78, 5) is 12.3. The average molecular weight is 403 g/mol. The van der Waals surface area contributed by atoms with Crippen molar-refractivity contribution in [2.24, 2.45) is 5.73 Å². The van der Waals surface area contributed by atoms with Gasteiger partial charge in [-0.25, -0.2) is 0 Å². The normalized spacial score (nSPS) is 10.9. The number of nitrogens with two attached hydrogens (primary N) is 1. The lowest BCUT2D eigenvalue weighted by molar-refractivity contribution is -0.114. The van der Waals surface area contributed by atoms with Crippen molar-refractivity contribution in [2.75, 3.05) is 19.0 Å². The first kappa shape index (κ1) is 20.7. The van der Waals surface area contributed by atoms with Crippen molar-refractivity contribution in [3.63, 3.8) is 0 Å². The second kappa shape index (κ2) is 10.5. The smallest absolute Gasteiger partial charge is 0.259 e. The van der Waals surface area contributed by atoms with Crippen molar-refractivity contribution in [2.45, 2.75) is 11.8 Å². The standard InChI is InChI=1S/C20H19ClN2O3S/c1-2-25-19-12-14(11-15(13-22)20(23)24)3-8-18(19)26-9-10-27-17-6-4-16(21)5-7-17/h3-8,11-12H,2,9-10H2,1H3,(H2,23,24)/b15-11+. The molecule has 0 atom stereocenters. The molecule has 1 amide bonds. The van der Waals surface area contributed by atoms with Gasteiger partial charge in [0.2, 0.25) is 0 Å². The molecule has 140 valence electrons. The Morgan fingerprint density at radius 3 is 2.59 bits per heavy atom. The minimum Gasteiger partial charge on any atom is -0.490 e. The Hall–Kier alpha value is -2.62. The number of thioether (sulfide) groups is 1. The number of carbonyl (C=O) groups excluding carboxylic acids is 1. The number of halogens is 1. The van der Waals surface area contributed by atoms with Gasteiger partial charge >= 0.3 is 0 Å². The molecule has 0 aliphatic carbocycles. The zero-order valence-corrected chi connectivity index (χ0v) is 16.3. The summed E-state index contributed by atoms with van der Waals surface area (Å²) in [5.41, 5.74) is 5.68. The number of nitriles is 1. The first-order valence-corrected chi connectivity index (χ1v) is 9.59. The molecule has 5 nitrogen and oxygen atoms in total. The van der Waals surface area contributed by atoms with Crippen LogP contribution in [-0.2, 0) is 4.79 Å². The molecule has 0 unspecified atom stereocenters. The van der Waals surface area contributed by atoms with E-state index in [0.29, 0.717) is 35.3 Å². The molecule has 0 aromatic heterocycles. The third-order valence-corrected chi connectivity index (χ3v) is 4.62. The highest BCUT2D eigenvalue weighted by Gasteiger charge is 2.08. The molecule has 27 heavy (non-hydrogen) atoms. The summed E-state index contributed by atoms with van der Waals surface area (Å²) in [5, 5.41) is 9.66. The van der Waals surface area contributed by atoms with Crippen LogP contribution in [0.25, 0.3) is 6.08 Å². The van der Waals surface area contributed by atoms with Crippen LogP contribution in [0, 0.1) is 11.3 Å². The highest BCUT2D eigenvalue weighted by Crippen LogP contribution is 2.30. The molecule has 0 spiro atoms. The van der Waals surface area contributed by atoms with Gasteiger partial charge in [-0.15, -0.1) is 11.8 Å². The third-order valence-electron chi connectivity index (χ3n) is 3.39. The van der Waals surface area contributed by atoms with Crippen LogP contribution in [0.1, 0.15) is 12.5 Å². The zero-order valence-electron chi connectivity index (χ0n) is 14.8. The van der Waals surface area contributed by atoms with Crippen LogP contribution in [0.2, 0.25) is 5.02 Å². The Morgan fingerprint density at radius 2 is 1.96 bits per heavy atom. The molecule has 0 aliphatic rings. The van der Waals surface area contributed by atoms with Gasteiger partial charge in [-0.3, -0.25) is 4.79 Å². The largest absolute Gasteiger partial charge is 0.490 e. The van der Waals surface area contributed by atoms with Gasteiger partial charge in [0.25, 0.3) is 5.91 Å². The van der Waals surface area contributed by atoms with Crippen LogP contribution in [-0.4, -0.2) is 24.9 Å². The van der Waals surface area contributed by atoms with Crippen LogP contribution in [0.4, 0.5) is 0 Å². The lowest BCUT2D eigenvalue weighted by atomic mass is 10.1. The lowest BCUT2D eigenvalue weighted by Crippen LogP contribution is -2.12. The van der Waals surface area contributed by atoms with Gasteiger partial charge in [-0.05, 0) is 55.0 Å². The van der Waals surface area contributed by atoms with E-state index in [0.717, 1.165) is 10.6 Å². The number of carbonyl (C=O) groups is 1. The van der Waals surface area contributed by atoms with Crippen molar-refractivity contribution in [3.8, 4) is 17.6 Å². The number of amides is 1. The maximum Gasteiger partial charge on any atom is 0.259 e. The highest BCUT2D eigenvalue weighted by molar-refractivity contribution is 7.99. The fraction of sp³-hybridized carbons (Fsp3) is 0.200. The first-order valence-electron chi connectivity index (χ1n) is 8.23. The number of hydrogen-bond acceptors (Lipinski definition) is 5. The second-order valence-corrected chi connectivity index (χ2v) is 6.93. The predicted molar refractivity (Wildman–Crippen MR) is 108 cm³/mol. The molecule has 7 heteroatoms. The van der Waals surface area contributed by atoms with E-state index in [9.17, 15) is 4.79 Å². The Morgan fingerprint density at radius 1 is 1.22 bits per heavy atom. The molecular weight excluding hydrogens is 384 g/mol. The molecule has 0 fully saturated rings. The van der Waals surface area contributed by atoms with Crippen LogP contribution < -0.4 is 15.2 Å². The molecule has 2 aromatic rings. The number of hydrogen-bond donors (Lipinski definition) is 1. The van der Waals surface area contributed by atoms with E-state index in [2.05, 4.69) is 0 Å². The van der Waals surface area contributed by atoms with Crippen molar-refractivity contribution >= 4 is 35.3 Å². The molecule has 2 N–H and O–H groups in total. The molecular formula is C20H19ClN2O3S. The monoisotopic (exact) mass is 402 g/mol. The van der Waals surface area contributed by atoms with Gasteiger partial charge in [0.05, 0.1) is 13.2 Å². The molecule has 0 radical (unpaired) electrons. The fourth-order valence-electron chi connectivity index (χ4n) is 2.17. The number of primary amides is 1. The summed E-state index contributed by atoms with van der Waals surface area (Å²) >= 11 is 7.54. The lowest BCUT2D eigenvalue weighted by Gasteiger charge is -2.12. The van der Waals surface area contributed by atoms with Crippen LogP contribution in [0.5, 0.6) is 11.5 Å². The van der Waals surface area contributed by atoms with E-state index < -0.39 is 5.91 Å². The minimum absolute atomic E-state index is 0.120. The second-order valence-electron chi connectivity index (χ2n) is 5.32. The molecule has 0 saturated heterocycles. The Balaban J connectivity index is 2.02. The molecule has 2 rings (SSSR count). The summed E-state index contributed by atoms with van der Waals surface area (Å²) in [6, 6.07) is 14.6. The van der Waals surface area contributed by atoms with Crippen molar-refractivity contribution in [1.82, 2.24) is 0 Å². The Bertz CT molecular complexity index is 861. The Labute approximate surface area is 167 Å². The van der Waals surface area contributed by atoms with E-state index in [4.69, 9.17) is 32.1 Å². The maximum absolute atomic E-state index is 11.2. The van der Waals surface area contributed by atoms with E-state index in [1.54, 1.807) is 36.0 Å². The Kier molecular flexibility index (Phi) is 8.05. The van der Waals surface area contributed by atoms with E-state index in [1.807, 2.05) is 31.2 Å². The summed E-state index contributed by atoms with van der Waals surface area (Å²) in [6.07, 6.45) is 1.42. The van der Waals surface area contributed by atoms with Crippen LogP contribution in [0.3, 0.4) is 0 Å². The topological polar surface area (TPSA) is 85.3 Å². The van der Waals surface area contributed by atoms with Crippen molar-refractivity contribution in [1.29, 1.82) is 5.26 Å². The van der Waals surface area contributed by atoms with Gasteiger partial charge < -0.3 is 15.2 Å². The maximum atomic E-state index is 11.2. The van der Waals surface area contributed by atoms with E-state index in [-0.39, 0.29) is 5.57 Å². The van der Waals surface area contributed by atoms with Crippen LogP contribution in [0.15, 0.2) is 52.9 Å². The molecule has 0 bridgehead atoms. The van der Waals surface area contributed by atoms with Crippen molar-refractivity contribution < 1.29 is 14.3 Å². The summed E-state index contributed by atoms with van der Waals surface area (Å²) < 4.78 is 11.4. The van der Waals surface area contributed by atoms with Gasteiger partial charge in [-0.1, -0.05) is 17.7 Å². The summed E-state index contributed by atoms with van der Waals surface area (Å²) in [6.45, 7) is 2.82. The summed E-state index contributed by atoms with van der Waals surface area (Å²) in [5.74, 6) is 1.14. The zero-order chi connectivity index (χ0) is 19.6. The number of rotatable bonds is 9. The number of nitrogens with zero attached hydrogens (tertiary/aromatic N) is 1. The van der Waals surface area contributed by atoms with Gasteiger partial charge in [0, 0.05) is 15.7 Å². The molecule has 0 saturated carbocycles. The first-order chi connectivity index (χ1) is 13.0. The van der Waals surface area contributed by atoms with Crippen LogP contribution >= 0.6 is 23.4 Å². The molecule has 0 aliphatic heterocycles. The van der Waals surface area contributed by atoms with E-state index in [1.165, 1.54) is 6.08 Å². The van der Waals surface area contributed by atoms with Gasteiger partial charge in [0.15, 0.2) is 11.5 Å². The third kappa shape index (κ3) is 6.55. The number of ether oxygens (including phenoxy) is 2. The van der Waals surface area contributed by atoms with Crippen molar-refractivity contribution in [3.05, 3.63) is 58.6 Å². The highest BCUT2D eigenvalue weighted by atomic mass is 35.5.